The first-order valence-electron chi connectivity index (χ1n) is 5.39. The fourth-order valence-electron chi connectivity index (χ4n) is 1.32. The monoisotopic (exact) mass is 298 g/mol. The Morgan fingerprint density at radius 2 is 1.12 bits per heavy atom. The van der Waals surface area contributed by atoms with Crippen molar-refractivity contribution in [3.8, 4) is 0 Å². The van der Waals surface area contributed by atoms with E-state index >= 15 is 0 Å². The van der Waals surface area contributed by atoms with E-state index < -0.39 is 0 Å². The van der Waals surface area contributed by atoms with Gasteiger partial charge in [0.1, 0.15) is 0 Å². The van der Waals surface area contributed by atoms with Gasteiger partial charge in [0, 0.05) is 0 Å². The number of hydrogen-bond donors (Lipinski definition) is 0. The number of rotatable bonds is 2. The van der Waals surface area contributed by atoms with Crippen molar-refractivity contribution in [2.45, 2.75) is 0 Å². The summed E-state index contributed by atoms with van der Waals surface area (Å²) in [6, 6.07) is 17.1. The summed E-state index contributed by atoms with van der Waals surface area (Å²) in [5, 5.41) is 3.00. The minimum Gasteiger partial charge on any atom is -0.213 e. The molecule has 0 N–H and O–H groups in total. The second-order valence-electron chi connectivity index (χ2n) is 4.08. The molecule has 0 saturated heterocycles. The smallest absolute Gasteiger partial charge is 0.213 e. The molecule has 0 aliphatic rings. The van der Waals surface area contributed by atoms with Crippen molar-refractivity contribution < 1.29 is 21.7 Å². The average Bonchev–Trinajstić information content (AvgIpc) is 2.93. The van der Waals surface area contributed by atoms with E-state index in [4.69, 9.17) is 0 Å². The van der Waals surface area contributed by atoms with Crippen LogP contribution in [0.5, 0.6) is 0 Å². The molecule has 17 heavy (non-hydrogen) atoms. The summed E-state index contributed by atoms with van der Waals surface area (Å²) in [5.41, 5.74) is 0. The van der Waals surface area contributed by atoms with Gasteiger partial charge >= 0.3 is 21.7 Å². The van der Waals surface area contributed by atoms with Crippen molar-refractivity contribution in [2.24, 2.45) is 0 Å². The normalized spacial score (nSPS) is 9.76. The molecule has 0 aromatic heterocycles. The third kappa shape index (κ3) is 6.68. The summed E-state index contributed by atoms with van der Waals surface area (Å²) in [6.07, 6.45) is 0. The molecule has 90 valence electrons. The molecule has 0 heterocycles. The zero-order chi connectivity index (χ0) is 12.0. The summed E-state index contributed by atoms with van der Waals surface area (Å²) >= 11 is 0. The molecule has 0 spiro atoms. The summed E-state index contributed by atoms with van der Waals surface area (Å²) in [6.45, 7) is 9.07. The van der Waals surface area contributed by atoms with Crippen LogP contribution >= 0.6 is 15.8 Å². The maximum atomic E-state index is 2.27. The van der Waals surface area contributed by atoms with E-state index in [-0.39, 0.29) is 37.6 Å². The van der Waals surface area contributed by atoms with Crippen molar-refractivity contribution in [1.82, 2.24) is 0 Å². The maximum Gasteiger partial charge on any atom is 2.00 e. The fraction of sp³-hybridized carbons (Fsp3) is 0.286. The van der Waals surface area contributed by atoms with Crippen LogP contribution in [-0.4, -0.2) is 26.7 Å². The van der Waals surface area contributed by atoms with Gasteiger partial charge in [-0.3, -0.25) is 0 Å². The quantitative estimate of drug-likeness (QED) is 0.452. The van der Waals surface area contributed by atoms with E-state index in [1.807, 2.05) is 0 Å². The van der Waals surface area contributed by atoms with Crippen LogP contribution in [0, 0.1) is 0 Å². The first kappa shape index (κ1) is 17.3. The minimum absolute atomic E-state index is 0. The predicted molar refractivity (Wildman–Crippen MR) is 80.9 cm³/mol. The Bertz CT molecular complexity index is 323. The maximum absolute atomic E-state index is 2.27. The van der Waals surface area contributed by atoms with Crippen molar-refractivity contribution in [3.63, 3.8) is 0 Å². The van der Waals surface area contributed by atoms with Gasteiger partial charge in [-0.2, -0.15) is 24.3 Å². The van der Waals surface area contributed by atoms with Crippen LogP contribution in [-0.2, 0) is 21.7 Å². The zero-order valence-corrected chi connectivity index (χ0v) is 14.4. The molecule has 0 aliphatic heterocycles. The van der Waals surface area contributed by atoms with Crippen molar-refractivity contribution in [3.05, 3.63) is 48.5 Å². The molecule has 2 aromatic rings. The van der Waals surface area contributed by atoms with Crippen LogP contribution < -0.4 is 10.6 Å². The average molecular weight is 298 g/mol. The van der Waals surface area contributed by atoms with Crippen molar-refractivity contribution >= 4 is 26.5 Å². The Morgan fingerprint density at radius 1 is 0.765 bits per heavy atom. The molecule has 2 aromatic carbocycles. The van der Waals surface area contributed by atoms with Crippen LogP contribution in [0.1, 0.15) is 0 Å². The van der Waals surface area contributed by atoms with Gasteiger partial charge in [-0.1, -0.05) is 0 Å². The van der Waals surface area contributed by atoms with Gasteiger partial charge in [0.15, 0.2) is 0 Å². The topological polar surface area (TPSA) is 0 Å². The van der Waals surface area contributed by atoms with E-state index in [9.17, 15) is 0 Å². The molecule has 0 saturated carbocycles. The first-order chi connectivity index (χ1) is 7.61. The molecular formula is C14H20P2Ti. The molecule has 0 aliphatic carbocycles. The standard InChI is InChI=1S/2C7H10P.Ti/c2*1-8(2)7-5-3-4-6-7;/h2*3-6H,1-2H3;/q2*-1;+2. The van der Waals surface area contributed by atoms with E-state index in [2.05, 4.69) is 75.2 Å². The van der Waals surface area contributed by atoms with Gasteiger partial charge < -0.3 is 0 Å². The SMILES string of the molecule is CP(C)c1ccc[cH-]1.CP(C)c1ccc[cH-]1.[Ti+2]. The Morgan fingerprint density at radius 3 is 1.24 bits per heavy atom. The molecule has 0 fully saturated rings. The largest absolute Gasteiger partial charge is 2.00 e. The van der Waals surface area contributed by atoms with Gasteiger partial charge in [-0.25, -0.2) is 24.3 Å². The molecule has 0 atom stereocenters. The molecule has 0 radical (unpaired) electrons. The summed E-state index contributed by atoms with van der Waals surface area (Å²) < 4.78 is 0. The van der Waals surface area contributed by atoms with Crippen LogP contribution in [0.4, 0.5) is 0 Å². The first-order valence-corrected chi connectivity index (χ1v) is 9.86. The van der Waals surface area contributed by atoms with Gasteiger partial charge in [0.2, 0.25) is 0 Å². The molecule has 0 bridgehead atoms. The van der Waals surface area contributed by atoms with Crippen LogP contribution in [0.2, 0.25) is 0 Å². The Balaban J connectivity index is 0.000000284. The van der Waals surface area contributed by atoms with E-state index in [0.717, 1.165) is 0 Å². The fourth-order valence-corrected chi connectivity index (χ4v) is 2.86. The Hall–Kier alpha value is 0.274. The summed E-state index contributed by atoms with van der Waals surface area (Å²) in [5.74, 6) is 0. The summed E-state index contributed by atoms with van der Waals surface area (Å²) in [4.78, 5) is 0. The molecule has 2 rings (SSSR count). The molecule has 0 amide bonds. The Labute approximate surface area is 123 Å². The minimum atomic E-state index is 0. The Kier molecular flexibility index (Phi) is 9.39. The van der Waals surface area contributed by atoms with Crippen LogP contribution in [0.3, 0.4) is 0 Å². The van der Waals surface area contributed by atoms with E-state index in [0.29, 0.717) is 0 Å². The van der Waals surface area contributed by atoms with Crippen molar-refractivity contribution in [2.75, 3.05) is 26.7 Å². The number of hydrogen-bond acceptors (Lipinski definition) is 0. The second-order valence-corrected chi connectivity index (χ2v) is 8.69. The van der Waals surface area contributed by atoms with Gasteiger partial charge in [0.05, 0.1) is 0 Å². The van der Waals surface area contributed by atoms with Gasteiger partial charge in [-0.15, -0.1) is 26.5 Å². The van der Waals surface area contributed by atoms with Gasteiger partial charge in [0.25, 0.3) is 0 Å². The third-order valence-corrected chi connectivity index (χ3v) is 4.98. The third-order valence-electron chi connectivity index (χ3n) is 2.32. The predicted octanol–water partition coefficient (Wildman–Crippen LogP) is 3.54. The molecule has 0 unspecified atom stereocenters. The zero-order valence-electron chi connectivity index (χ0n) is 11.0. The van der Waals surface area contributed by atoms with Crippen LogP contribution in [0.25, 0.3) is 0 Å². The van der Waals surface area contributed by atoms with E-state index in [1.54, 1.807) is 0 Å². The molecular weight excluding hydrogens is 278 g/mol. The molecule has 3 heteroatoms. The van der Waals surface area contributed by atoms with E-state index in [1.165, 1.54) is 10.6 Å². The second kappa shape index (κ2) is 9.24. The van der Waals surface area contributed by atoms with Crippen molar-refractivity contribution in [1.29, 1.82) is 0 Å². The van der Waals surface area contributed by atoms with Gasteiger partial charge in [-0.05, 0) is 26.7 Å². The molecule has 0 nitrogen and oxygen atoms in total. The summed E-state index contributed by atoms with van der Waals surface area (Å²) in [7, 11) is 0.283. The van der Waals surface area contributed by atoms with Crippen LogP contribution in [0.15, 0.2) is 48.5 Å².